The molecule has 2 N–H and O–H groups in total. The Morgan fingerprint density at radius 3 is 2.41 bits per heavy atom. The van der Waals surface area contributed by atoms with Crippen LogP contribution in [0.2, 0.25) is 0 Å². The summed E-state index contributed by atoms with van der Waals surface area (Å²) in [6.45, 7) is 1.86. The van der Waals surface area contributed by atoms with Crippen molar-refractivity contribution in [3.8, 4) is 22.7 Å². The molecule has 0 atom stereocenters. The second-order valence-corrected chi connectivity index (χ2v) is 6.37. The standard InChI is InChI=1S/C22H20FNO5/c1-2-29-22(28)18-10-7-17(13-20(18)25)24-16(9-12-21(26)27)8-11-19(24)14-3-5-15(23)6-4-14/h3-8,10-11,13,25H,2,9,12H2,1H3,(H,26,27). The van der Waals surface area contributed by atoms with E-state index in [1.54, 1.807) is 41.8 Å². The van der Waals surface area contributed by atoms with E-state index in [0.717, 1.165) is 5.56 Å². The fourth-order valence-corrected chi connectivity index (χ4v) is 3.10. The minimum absolute atomic E-state index is 0.0400. The number of phenolic OH excluding ortho intramolecular Hbond substituents is 1. The second kappa shape index (κ2) is 8.60. The van der Waals surface area contributed by atoms with Gasteiger partial charge in [0.15, 0.2) is 0 Å². The van der Waals surface area contributed by atoms with E-state index < -0.39 is 11.9 Å². The largest absolute Gasteiger partial charge is 0.507 e. The maximum atomic E-state index is 13.3. The zero-order chi connectivity index (χ0) is 21.0. The maximum absolute atomic E-state index is 13.3. The molecule has 1 aromatic heterocycles. The van der Waals surface area contributed by atoms with Crippen molar-refractivity contribution < 1.29 is 28.9 Å². The summed E-state index contributed by atoms with van der Waals surface area (Å²) < 4.78 is 20.0. The normalized spacial score (nSPS) is 10.7. The lowest BCUT2D eigenvalue weighted by atomic mass is 10.1. The topological polar surface area (TPSA) is 88.8 Å². The lowest BCUT2D eigenvalue weighted by Crippen LogP contribution is -2.08. The van der Waals surface area contributed by atoms with Gasteiger partial charge in [0, 0.05) is 17.4 Å². The number of phenols is 1. The van der Waals surface area contributed by atoms with Crippen LogP contribution in [0.1, 0.15) is 29.4 Å². The van der Waals surface area contributed by atoms with Crippen LogP contribution in [-0.2, 0) is 16.0 Å². The van der Waals surface area contributed by atoms with Gasteiger partial charge in [-0.1, -0.05) is 0 Å². The monoisotopic (exact) mass is 397 g/mol. The van der Waals surface area contributed by atoms with Crippen LogP contribution in [0.25, 0.3) is 16.9 Å². The molecule has 3 rings (SSSR count). The van der Waals surface area contributed by atoms with Crippen molar-refractivity contribution in [2.75, 3.05) is 6.61 Å². The van der Waals surface area contributed by atoms with Crippen molar-refractivity contribution in [1.82, 2.24) is 4.57 Å². The molecule has 2 aromatic carbocycles. The number of hydrogen-bond donors (Lipinski definition) is 2. The van der Waals surface area contributed by atoms with E-state index >= 15 is 0 Å². The highest BCUT2D eigenvalue weighted by molar-refractivity contribution is 5.92. The highest BCUT2D eigenvalue weighted by Gasteiger charge is 2.17. The summed E-state index contributed by atoms with van der Waals surface area (Å²) in [7, 11) is 0. The third-order valence-corrected chi connectivity index (χ3v) is 4.43. The number of rotatable bonds is 7. The molecular weight excluding hydrogens is 377 g/mol. The summed E-state index contributed by atoms with van der Waals surface area (Å²) in [5, 5.41) is 19.4. The van der Waals surface area contributed by atoms with Gasteiger partial charge in [0.25, 0.3) is 0 Å². The van der Waals surface area contributed by atoms with E-state index in [4.69, 9.17) is 9.84 Å². The quantitative estimate of drug-likeness (QED) is 0.584. The van der Waals surface area contributed by atoms with Crippen LogP contribution in [0.5, 0.6) is 5.75 Å². The Kier molecular flexibility index (Phi) is 5.97. The molecule has 0 aliphatic rings. The first-order chi connectivity index (χ1) is 13.9. The van der Waals surface area contributed by atoms with Crippen LogP contribution in [0.4, 0.5) is 4.39 Å². The molecule has 6 nitrogen and oxygen atoms in total. The smallest absolute Gasteiger partial charge is 0.341 e. The highest BCUT2D eigenvalue weighted by atomic mass is 19.1. The number of aromatic nitrogens is 1. The number of hydrogen-bond acceptors (Lipinski definition) is 4. The number of esters is 1. The van der Waals surface area contributed by atoms with Gasteiger partial charge < -0.3 is 19.5 Å². The summed E-state index contributed by atoms with van der Waals surface area (Å²) in [4.78, 5) is 23.0. The molecule has 3 aromatic rings. The van der Waals surface area contributed by atoms with Crippen LogP contribution in [0.15, 0.2) is 54.6 Å². The summed E-state index contributed by atoms with van der Waals surface area (Å²) in [6.07, 6.45) is 0.191. The molecule has 0 unspecified atom stereocenters. The number of nitrogens with zero attached hydrogens (tertiary/aromatic N) is 1. The Balaban J connectivity index is 2.09. The Morgan fingerprint density at radius 1 is 1.07 bits per heavy atom. The lowest BCUT2D eigenvalue weighted by molar-refractivity contribution is -0.137. The first-order valence-electron chi connectivity index (χ1n) is 9.09. The van der Waals surface area contributed by atoms with Gasteiger partial charge in [0.2, 0.25) is 0 Å². The van der Waals surface area contributed by atoms with E-state index in [1.165, 1.54) is 24.3 Å². The van der Waals surface area contributed by atoms with Gasteiger partial charge in [-0.25, -0.2) is 9.18 Å². The summed E-state index contributed by atoms with van der Waals surface area (Å²) >= 11 is 0. The molecular formula is C22H20FNO5. The van der Waals surface area contributed by atoms with E-state index in [-0.39, 0.29) is 36.6 Å². The number of aliphatic carboxylic acids is 1. The fraction of sp³-hybridized carbons (Fsp3) is 0.182. The first-order valence-corrected chi connectivity index (χ1v) is 9.09. The van der Waals surface area contributed by atoms with Crippen LogP contribution in [0, 0.1) is 5.82 Å². The van der Waals surface area contributed by atoms with Gasteiger partial charge in [-0.15, -0.1) is 0 Å². The number of carbonyl (C=O) groups excluding carboxylic acids is 1. The summed E-state index contributed by atoms with van der Waals surface area (Å²) in [6, 6.07) is 14.0. The van der Waals surface area contributed by atoms with E-state index in [0.29, 0.717) is 17.1 Å². The second-order valence-electron chi connectivity index (χ2n) is 6.37. The van der Waals surface area contributed by atoms with E-state index in [1.807, 2.05) is 0 Å². The number of halogens is 1. The maximum Gasteiger partial charge on any atom is 0.341 e. The van der Waals surface area contributed by atoms with Crippen molar-refractivity contribution in [3.05, 3.63) is 71.7 Å². The minimum atomic E-state index is -0.929. The number of aromatic hydroxyl groups is 1. The average Bonchev–Trinajstić information content (AvgIpc) is 3.11. The van der Waals surface area contributed by atoms with Gasteiger partial charge in [-0.05, 0) is 67.4 Å². The van der Waals surface area contributed by atoms with Crippen molar-refractivity contribution in [2.45, 2.75) is 19.8 Å². The van der Waals surface area contributed by atoms with Crippen LogP contribution >= 0.6 is 0 Å². The number of carbonyl (C=O) groups is 2. The number of aryl methyl sites for hydroxylation is 1. The molecule has 0 saturated carbocycles. The van der Waals surface area contributed by atoms with Crippen molar-refractivity contribution >= 4 is 11.9 Å². The molecule has 1 heterocycles. The SMILES string of the molecule is CCOC(=O)c1ccc(-n2c(CCC(=O)O)ccc2-c2ccc(F)cc2)cc1O. The molecule has 0 bridgehead atoms. The number of benzene rings is 2. The Bertz CT molecular complexity index is 1040. The zero-order valence-electron chi connectivity index (χ0n) is 15.8. The predicted molar refractivity (Wildman–Crippen MR) is 105 cm³/mol. The predicted octanol–water partition coefficient (Wildman–Crippen LogP) is 4.18. The Morgan fingerprint density at radius 2 is 1.79 bits per heavy atom. The third-order valence-electron chi connectivity index (χ3n) is 4.43. The van der Waals surface area contributed by atoms with Gasteiger partial charge in [0.05, 0.1) is 18.7 Å². The summed E-state index contributed by atoms with van der Waals surface area (Å²) in [5.74, 6) is -2.17. The van der Waals surface area contributed by atoms with Crippen molar-refractivity contribution in [2.24, 2.45) is 0 Å². The highest BCUT2D eigenvalue weighted by Crippen LogP contribution is 2.30. The first kappa shape index (κ1) is 20.1. The van der Waals surface area contributed by atoms with Crippen molar-refractivity contribution in [1.29, 1.82) is 0 Å². The average molecular weight is 397 g/mol. The number of carboxylic acid groups (broad SMARTS) is 1. The van der Waals surface area contributed by atoms with Gasteiger partial charge in [-0.2, -0.15) is 0 Å². The van der Waals surface area contributed by atoms with Gasteiger partial charge in [0.1, 0.15) is 17.1 Å². The minimum Gasteiger partial charge on any atom is -0.507 e. The number of carboxylic acids is 1. The van der Waals surface area contributed by atoms with Crippen LogP contribution in [0.3, 0.4) is 0 Å². The zero-order valence-corrected chi connectivity index (χ0v) is 15.8. The molecule has 0 aliphatic heterocycles. The molecule has 0 aliphatic carbocycles. The molecule has 150 valence electrons. The third kappa shape index (κ3) is 4.45. The molecule has 0 fully saturated rings. The number of ether oxygens (including phenoxy) is 1. The molecule has 7 heteroatoms. The molecule has 0 saturated heterocycles. The van der Waals surface area contributed by atoms with E-state index in [2.05, 4.69) is 0 Å². The van der Waals surface area contributed by atoms with E-state index in [9.17, 15) is 19.1 Å². The molecule has 0 amide bonds. The molecule has 0 radical (unpaired) electrons. The summed E-state index contributed by atoms with van der Waals surface area (Å²) in [5.41, 5.74) is 2.71. The molecule has 29 heavy (non-hydrogen) atoms. The molecule has 0 spiro atoms. The van der Waals surface area contributed by atoms with Gasteiger partial charge in [-0.3, -0.25) is 4.79 Å². The van der Waals surface area contributed by atoms with Crippen molar-refractivity contribution in [3.63, 3.8) is 0 Å². The Labute approximate surface area is 166 Å². The van der Waals surface area contributed by atoms with Gasteiger partial charge >= 0.3 is 11.9 Å². The Hall–Kier alpha value is -3.61. The van der Waals surface area contributed by atoms with Crippen LogP contribution in [-0.4, -0.2) is 33.3 Å². The van der Waals surface area contributed by atoms with Crippen LogP contribution < -0.4 is 0 Å². The lowest BCUT2D eigenvalue weighted by Gasteiger charge is -2.15. The fourth-order valence-electron chi connectivity index (χ4n) is 3.10.